The number of nitrogens with one attached hydrogen (secondary N) is 2. The summed E-state index contributed by atoms with van der Waals surface area (Å²) in [6.45, 7) is 0.949. The number of carbonyl (C=O) groups is 1. The summed E-state index contributed by atoms with van der Waals surface area (Å²) < 4.78 is 27.7. The number of aromatic amines is 1. The van der Waals surface area contributed by atoms with Crippen LogP contribution in [0.15, 0.2) is 29.2 Å². The molecule has 0 atom stereocenters. The Balaban J connectivity index is 1.78. The van der Waals surface area contributed by atoms with Crippen LogP contribution in [0.3, 0.4) is 0 Å². The number of hydrogen-bond donors (Lipinski definition) is 3. The average molecular weight is 322 g/mol. The molecular formula is C13H14N4O4S. The maximum atomic E-state index is 12.2. The monoisotopic (exact) mass is 322 g/mol. The third-order valence-electron chi connectivity index (χ3n) is 3.35. The van der Waals surface area contributed by atoms with E-state index >= 15 is 0 Å². The molecule has 2 heterocycles. The number of fused-ring (bicyclic) bond motifs is 1. The molecule has 0 radical (unpaired) electrons. The van der Waals surface area contributed by atoms with E-state index in [1.807, 2.05) is 0 Å². The van der Waals surface area contributed by atoms with Gasteiger partial charge in [0.25, 0.3) is 5.91 Å². The van der Waals surface area contributed by atoms with E-state index in [9.17, 15) is 13.2 Å². The zero-order chi connectivity index (χ0) is 15.7. The van der Waals surface area contributed by atoms with Crippen molar-refractivity contribution in [2.75, 3.05) is 11.9 Å². The summed E-state index contributed by atoms with van der Waals surface area (Å²) >= 11 is 0. The van der Waals surface area contributed by atoms with Gasteiger partial charge >= 0.3 is 0 Å². The molecule has 8 nitrogen and oxygen atoms in total. The molecule has 3 rings (SSSR count). The first-order chi connectivity index (χ1) is 10.4. The van der Waals surface area contributed by atoms with Gasteiger partial charge in [-0.1, -0.05) is 0 Å². The fourth-order valence-electron chi connectivity index (χ4n) is 2.22. The highest BCUT2D eigenvalue weighted by Gasteiger charge is 2.22. The number of nitrogens with two attached hydrogens (primary N) is 1. The van der Waals surface area contributed by atoms with E-state index in [1.54, 1.807) is 0 Å². The van der Waals surface area contributed by atoms with E-state index < -0.39 is 10.0 Å². The van der Waals surface area contributed by atoms with Crippen LogP contribution in [0.2, 0.25) is 0 Å². The summed E-state index contributed by atoms with van der Waals surface area (Å²) in [6, 6.07) is 5.59. The van der Waals surface area contributed by atoms with Gasteiger partial charge in [-0.2, -0.15) is 5.10 Å². The van der Waals surface area contributed by atoms with Crippen LogP contribution in [0.1, 0.15) is 21.7 Å². The number of H-pyrrole nitrogens is 1. The Morgan fingerprint density at radius 1 is 1.32 bits per heavy atom. The Morgan fingerprint density at radius 3 is 2.73 bits per heavy atom. The molecule has 0 fully saturated rings. The maximum absolute atomic E-state index is 12.2. The van der Waals surface area contributed by atoms with Crippen LogP contribution in [-0.2, 0) is 27.8 Å². The van der Waals surface area contributed by atoms with Gasteiger partial charge in [0.2, 0.25) is 10.0 Å². The first kappa shape index (κ1) is 14.7. The number of carbonyl (C=O) groups excluding carboxylic acids is 1. The third kappa shape index (κ3) is 2.86. The zero-order valence-electron chi connectivity index (χ0n) is 11.5. The molecule has 1 aromatic carbocycles. The minimum absolute atomic E-state index is 0.0175. The topological polar surface area (TPSA) is 127 Å². The molecule has 4 N–H and O–H groups in total. The number of anilines is 1. The SMILES string of the molecule is NS(=O)(=O)c1ccc(NC(=O)c2n[nH]c3c2COCC3)cc1. The molecule has 0 spiro atoms. The van der Waals surface area contributed by atoms with Crippen LogP contribution in [0.25, 0.3) is 0 Å². The summed E-state index contributed by atoms with van der Waals surface area (Å²) in [4.78, 5) is 12.2. The van der Waals surface area contributed by atoms with Crippen LogP contribution in [0, 0.1) is 0 Å². The highest BCUT2D eigenvalue weighted by molar-refractivity contribution is 7.89. The number of nitrogens with zero attached hydrogens (tertiary/aromatic N) is 1. The molecule has 116 valence electrons. The van der Waals surface area contributed by atoms with Crippen molar-refractivity contribution >= 4 is 21.6 Å². The maximum Gasteiger partial charge on any atom is 0.276 e. The van der Waals surface area contributed by atoms with E-state index in [-0.39, 0.29) is 16.5 Å². The highest BCUT2D eigenvalue weighted by Crippen LogP contribution is 2.20. The van der Waals surface area contributed by atoms with Crippen molar-refractivity contribution in [2.45, 2.75) is 17.9 Å². The Morgan fingerprint density at radius 2 is 2.05 bits per heavy atom. The first-order valence-electron chi connectivity index (χ1n) is 6.53. The van der Waals surface area contributed by atoms with E-state index in [0.29, 0.717) is 25.3 Å². The number of hydrogen-bond acceptors (Lipinski definition) is 5. The number of sulfonamides is 1. The van der Waals surface area contributed by atoms with Gasteiger partial charge < -0.3 is 10.1 Å². The zero-order valence-corrected chi connectivity index (χ0v) is 12.3. The number of ether oxygens (including phenoxy) is 1. The van der Waals surface area contributed by atoms with Gasteiger partial charge in [0.05, 0.1) is 18.1 Å². The first-order valence-corrected chi connectivity index (χ1v) is 8.08. The summed E-state index contributed by atoms with van der Waals surface area (Å²) in [7, 11) is -3.75. The standard InChI is InChI=1S/C13H14N4O4S/c14-22(19,20)9-3-1-8(2-4-9)15-13(18)12-10-7-21-6-5-11(10)16-17-12/h1-4H,5-7H2,(H,15,18)(H,16,17)(H2,14,19,20). The van der Waals surface area contributed by atoms with Crippen LogP contribution in [0.5, 0.6) is 0 Å². The van der Waals surface area contributed by atoms with E-state index in [1.165, 1.54) is 24.3 Å². The second-order valence-electron chi connectivity index (χ2n) is 4.86. The van der Waals surface area contributed by atoms with Crippen LogP contribution in [-0.4, -0.2) is 31.1 Å². The van der Waals surface area contributed by atoms with Crippen molar-refractivity contribution < 1.29 is 17.9 Å². The molecule has 9 heteroatoms. The van der Waals surface area contributed by atoms with Crippen LogP contribution in [0.4, 0.5) is 5.69 Å². The molecule has 1 aromatic heterocycles. The Kier molecular flexibility index (Phi) is 3.69. The Labute approximate surface area is 126 Å². The molecule has 2 aromatic rings. The van der Waals surface area contributed by atoms with Gasteiger partial charge in [-0.3, -0.25) is 9.89 Å². The molecule has 1 aliphatic rings. The molecular weight excluding hydrogens is 308 g/mol. The summed E-state index contributed by atoms with van der Waals surface area (Å²) in [5, 5.41) is 14.5. The fraction of sp³-hybridized carbons (Fsp3) is 0.231. The summed E-state index contributed by atoms with van der Waals surface area (Å²) in [6.07, 6.45) is 0.693. The van der Waals surface area contributed by atoms with Gasteiger partial charge in [-0.05, 0) is 24.3 Å². The minimum Gasteiger partial charge on any atom is -0.376 e. The van der Waals surface area contributed by atoms with Crippen molar-refractivity contribution in [2.24, 2.45) is 5.14 Å². The van der Waals surface area contributed by atoms with Crippen molar-refractivity contribution in [3.8, 4) is 0 Å². The quantitative estimate of drug-likeness (QED) is 0.753. The van der Waals surface area contributed by atoms with Gasteiger partial charge in [-0.25, -0.2) is 13.6 Å². The molecule has 0 saturated carbocycles. The van der Waals surface area contributed by atoms with E-state index in [2.05, 4.69) is 15.5 Å². The van der Waals surface area contributed by atoms with Crippen molar-refractivity contribution in [3.05, 3.63) is 41.2 Å². The molecule has 0 aliphatic carbocycles. The van der Waals surface area contributed by atoms with Gasteiger partial charge in [-0.15, -0.1) is 0 Å². The Hall–Kier alpha value is -2.23. The largest absolute Gasteiger partial charge is 0.376 e. The summed E-state index contributed by atoms with van der Waals surface area (Å²) in [5.74, 6) is -0.383. The predicted molar refractivity (Wildman–Crippen MR) is 77.7 cm³/mol. The number of amides is 1. The summed E-state index contributed by atoms with van der Waals surface area (Å²) in [5.41, 5.74) is 2.39. The number of benzene rings is 1. The van der Waals surface area contributed by atoms with Crippen molar-refractivity contribution in [3.63, 3.8) is 0 Å². The highest BCUT2D eigenvalue weighted by atomic mass is 32.2. The van der Waals surface area contributed by atoms with Gasteiger partial charge in [0, 0.05) is 23.4 Å². The molecule has 0 unspecified atom stereocenters. The third-order valence-corrected chi connectivity index (χ3v) is 4.28. The lowest BCUT2D eigenvalue weighted by Gasteiger charge is -2.12. The average Bonchev–Trinajstić information content (AvgIpc) is 2.91. The number of rotatable bonds is 3. The second kappa shape index (κ2) is 5.52. The molecule has 22 heavy (non-hydrogen) atoms. The van der Waals surface area contributed by atoms with E-state index in [4.69, 9.17) is 9.88 Å². The second-order valence-corrected chi connectivity index (χ2v) is 6.42. The normalized spacial score (nSPS) is 14.4. The molecule has 0 bridgehead atoms. The van der Waals surface area contributed by atoms with Gasteiger partial charge in [0.15, 0.2) is 5.69 Å². The molecule has 1 aliphatic heterocycles. The predicted octanol–water partition coefficient (Wildman–Crippen LogP) is 0.382. The smallest absolute Gasteiger partial charge is 0.276 e. The van der Waals surface area contributed by atoms with Crippen molar-refractivity contribution in [1.29, 1.82) is 0 Å². The Bertz CT molecular complexity index is 811. The number of primary sulfonamides is 1. The minimum atomic E-state index is -3.75. The molecule has 0 saturated heterocycles. The lowest BCUT2D eigenvalue weighted by Crippen LogP contribution is -2.17. The molecule has 1 amide bonds. The number of aromatic nitrogens is 2. The van der Waals surface area contributed by atoms with Crippen molar-refractivity contribution in [1.82, 2.24) is 10.2 Å². The van der Waals surface area contributed by atoms with Crippen LogP contribution >= 0.6 is 0 Å². The van der Waals surface area contributed by atoms with Crippen LogP contribution < -0.4 is 10.5 Å². The lowest BCUT2D eigenvalue weighted by molar-refractivity contribution is 0.0985. The fourth-order valence-corrected chi connectivity index (χ4v) is 2.73. The lowest BCUT2D eigenvalue weighted by atomic mass is 10.1. The van der Waals surface area contributed by atoms with Gasteiger partial charge in [0.1, 0.15) is 0 Å². The van der Waals surface area contributed by atoms with E-state index in [0.717, 1.165) is 11.3 Å².